The molecule has 6 heteroatoms. The van der Waals surface area contributed by atoms with Crippen molar-refractivity contribution in [2.45, 2.75) is 39.2 Å². The van der Waals surface area contributed by atoms with Crippen LogP contribution in [0.15, 0.2) is 0 Å². The molecule has 0 atom stereocenters. The summed E-state index contributed by atoms with van der Waals surface area (Å²) in [6.07, 6.45) is 3.15. The van der Waals surface area contributed by atoms with Crippen LogP contribution in [0.3, 0.4) is 0 Å². The smallest absolute Gasteiger partial charge is 0.358 e. The quantitative estimate of drug-likeness (QED) is 0.669. The molecule has 0 amide bonds. The molecule has 0 aromatic carbocycles. The normalized spacial score (nSPS) is 10.6. The van der Waals surface area contributed by atoms with Gasteiger partial charge in [0.1, 0.15) is 0 Å². The molecule has 0 aliphatic rings. The van der Waals surface area contributed by atoms with Gasteiger partial charge in [-0.05, 0) is 25.7 Å². The Morgan fingerprint density at radius 3 is 2.69 bits per heavy atom. The number of rotatable bonds is 7. The van der Waals surface area contributed by atoms with Crippen molar-refractivity contribution in [3.05, 3.63) is 11.4 Å². The van der Waals surface area contributed by atoms with Crippen LogP contribution >= 0.6 is 0 Å². The third-order valence-corrected chi connectivity index (χ3v) is 2.40. The first-order chi connectivity index (χ1) is 7.70. The van der Waals surface area contributed by atoms with Crippen LogP contribution in [0.5, 0.6) is 0 Å². The van der Waals surface area contributed by atoms with Crippen molar-refractivity contribution in [3.8, 4) is 0 Å². The molecule has 1 heterocycles. The lowest BCUT2D eigenvalue weighted by atomic mass is 10.2. The van der Waals surface area contributed by atoms with Gasteiger partial charge in [0.2, 0.25) is 0 Å². The van der Waals surface area contributed by atoms with Crippen molar-refractivity contribution in [1.82, 2.24) is 15.0 Å². The first kappa shape index (κ1) is 12.6. The zero-order valence-electron chi connectivity index (χ0n) is 9.39. The van der Waals surface area contributed by atoms with Crippen LogP contribution in [0, 0.1) is 0 Å². The van der Waals surface area contributed by atoms with Crippen molar-refractivity contribution >= 4 is 5.97 Å². The molecule has 0 spiro atoms. The minimum absolute atomic E-state index is 0.0460. The summed E-state index contributed by atoms with van der Waals surface area (Å²) in [4.78, 5) is 10.8. The van der Waals surface area contributed by atoms with Crippen molar-refractivity contribution in [2.24, 2.45) is 0 Å². The van der Waals surface area contributed by atoms with E-state index in [4.69, 9.17) is 10.2 Å². The molecule has 0 radical (unpaired) electrons. The number of unbranched alkanes of at least 4 members (excludes halogenated alkanes) is 2. The Hall–Kier alpha value is -1.43. The molecule has 1 rings (SSSR count). The number of hydrogen-bond acceptors (Lipinski definition) is 4. The molecular formula is C10H17N3O3. The monoisotopic (exact) mass is 227 g/mol. The molecule has 0 fully saturated rings. The van der Waals surface area contributed by atoms with Crippen molar-refractivity contribution in [2.75, 3.05) is 6.61 Å². The summed E-state index contributed by atoms with van der Waals surface area (Å²) in [5.74, 6) is -1.03. The number of carbonyl (C=O) groups is 1. The van der Waals surface area contributed by atoms with E-state index in [2.05, 4.69) is 10.3 Å². The number of aromatic nitrogens is 3. The molecule has 90 valence electrons. The Balaban J connectivity index is 2.62. The van der Waals surface area contributed by atoms with Gasteiger partial charge in [-0.1, -0.05) is 12.1 Å². The van der Waals surface area contributed by atoms with Crippen LogP contribution in [0.25, 0.3) is 0 Å². The zero-order chi connectivity index (χ0) is 12.0. The van der Waals surface area contributed by atoms with Gasteiger partial charge in [-0.2, -0.15) is 0 Å². The molecule has 1 aromatic rings. The Kier molecular flexibility index (Phi) is 4.91. The fraction of sp³-hybridized carbons (Fsp3) is 0.700. The van der Waals surface area contributed by atoms with Crippen molar-refractivity contribution in [1.29, 1.82) is 0 Å². The highest BCUT2D eigenvalue weighted by Gasteiger charge is 2.16. The van der Waals surface area contributed by atoms with Crippen LogP contribution in [0.4, 0.5) is 0 Å². The number of aliphatic hydroxyl groups is 1. The minimum Gasteiger partial charge on any atom is -0.476 e. The fourth-order valence-electron chi connectivity index (χ4n) is 1.58. The minimum atomic E-state index is -1.03. The number of nitrogens with zero attached hydrogens (tertiary/aromatic N) is 3. The lowest BCUT2D eigenvalue weighted by Crippen LogP contribution is -2.08. The maximum Gasteiger partial charge on any atom is 0.358 e. The molecule has 0 unspecified atom stereocenters. The van der Waals surface area contributed by atoms with Gasteiger partial charge in [0.15, 0.2) is 5.69 Å². The third kappa shape index (κ3) is 3.03. The van der Waals surface area contributed by atoms with Crippen molar-refractivity contribution in [3.63, 3.8) is 0 Å². The molecule has 0 saturated carbocycles. The number of carboxylic acid groups (broad SMARTS) is 1. The molecule has 0 aliphatic heterocycles. The van der Waals surface area contributed by atoms with Gasteiger partial charge in [-0.15, -0.1) is 5.10 Å². The molecule has 6 nitrogen and oxygen atoms in total. The van der Waals surface area contributed by atoms with Gasteiger partial charge >= 0.3 is 5.97 Å². The van der Waals surface area contributed by atoms with Crippen molar-refractivity contribution < 1.29 is 15.0 Å². The van der Waals surface area contributed by atoms with Crippen LogP contribution in [0.1, 0.15) is 42.4 Å². The predicted octanol–water partition coefficient (Wildman–Crippen LogP) is 0.701. The average molecular weight is 227 g/mol. The first-order valence-corrected chi connectivity index (χ1v) is 5.47. The number of aliphatic hydroxyl groups excluding tert-OH is 1. The first-order valence-electron chi connectivity index (χ1n) is 5.47. The van der Waals surface area contributed by atoms with E-state index in [0.29, 0.717) is 18.7 Å². The second kappa shape index (κ2) is 6.22. The zero-order valence-corrected chi connectivity index (χ0v) is 9.39. The Morgan fingerprint density at radius 1 is 1.38 bits per heavy atom. The largest absolute Gasteiger partial charge is 0.476 e. The topological polar surface area (TPSA) is 88.2 Å². The second-order valence-corrected chi connectivity index (χ2v) is 3.55. The lowest BCUT2D eigenvalue weighted by Gasteiger charge is -2.04. The fourth-order valence-corrected chi connectivity index (χ4v) is 1.58. The summed E-state index contributed by atoms with van der Waals surface area (Å²) in [6.45, 7) is 2.73. The van der Waals surface area contributed by atoms with Gasteiger partial charge in [-0.3, -0.25) is 0 Å². The average Bonchev–Trinajstić information content (AvgIpc) is 2.67. The Labute approximate surface area is 93.9 Å². The van der Waals surface area contributed by atoms with E-state index in [1.807, 2.05) is 6.92 Å². The SMILES string of the molecule is CCc1c(C(=O)O)nnn1CCCCCO. The van der Waals surface area contributed by atoms with E-state index >= 15 is 0 Å². The van der Waals surface area contributed by atoms with E-state index in [-0.39, 0.29) is 12.3 Å². The number of hydrogen-bond donors (Lipinski definition) is 2. The highest BCUT2D eigenvalue weighted by Crippen LogP contribution is 2.08. The van der Waals surface area contributed by atoms with Gasteiger partial charge in [0.05, 0.1) is 5.69 Å². The van der Waals surface area contributed by atoms with Gasteiger partial charge in [0.25, 0.3) is 0 Å². The second-order valence-electron chi connectivity index (χ2n) is 3.55. The maximum atomic E-state index is 10.8. The molecular weight excluding hydrogens is 210 g/mol. The Morgan fingerprint density at radius 2 is 2.12 bits per heavy atom. The van der Waals surface area contributed by atoms with Crippen LogP contribution in [-0.2, 0) is 13.0 Å². The van der Waals surface area contributed by atoms with E-state index in [1.54, 1.807) is 4.68 Å². The molecule has 0 aliphatic carbocycles. The molecule has 0 saturated heterocycles. The standard InChI is InChI=1S/C10H17N3O3/c1-2-8-9(10(15)16)11-12-13(8)6-4-3-5-7-14/h14H,2-7H2,1H3,(H,15,16). The summed E-state index contributed by atoms with van der Waals surface area (Å²) in [5.41, 5.74) is 0.709. The summed E-state index contributed by atoms with van der Waals surface area (Å²) >= 11 is 0. The van der Waals surface area contributed by atoms with Gasteiger partial charge < -0.3 is 10.2 Å². The number of carboxylic acids is 1. The number of aryl methyl sites for hydroxylation is 1. The maximum absolute atomic E-state index is 10.8. The van der Waals surface area contributed by atoms with E-state index in [1.165, 1.54) is 0 Å². The summed E-state index contributed by atoms with van der Waals surface area (Å²) in [7, 11) is 0. The molecule has 16 heavy (non-hydrogen) atoms. The predicted molar refractivity (Wildman–Crippen MR) is 57.3 cm³/mol. The van der Waals surface area contributed by atoms with E-state index < -0.39 is 5.97 Å². The molecule has 1 aromatic heterocycles. The summed E-state index contributed by atoms with van der Waals surface area (Å²) < 4.78 is 1.64. The van der Waals surface area contributed by atoms with Crippen LogP contribution in [-0.4, -0.2) is 37.8 Å². The lowest BCUT2D eigenvalue weighted by molar-refractivity contribution is 0.0689. The summed E-state index contributed by atoms with van der Waals surface area (Å²) in [5, 5.41) is 25.0. The van der Waals surface area contributed by atoms with Gasteiger partial charge in [-0.25, -0.2) is 9.48 Å². The van der Waals surface area contributed by atoms with Gasteiger partial charge in [0, 0.05) is 13.2 Å². The number of aromatic carboxylic acids is 1. The van der Waals surface area contributed by atoms with E-state index in [0.717, 1.165) is 19.3 Å². The van der Waals surface area contributed by atoms with Crippen LogP contribution < -0.4 is 0 Å². The third-order valence-electron chi connectivity index (χ3n) is 2.40. The highest BCUT2D eigenvalue weighted by atomic mass is 16.4. The molecule has 0 bridgehead atoms. The summed E-state index contributed by atoms with van der Waals surface area (Å²) in [6, 6.07) is 0. The molecule has 2 N–H and O–H groups in total. The highest BCUT2D eigenvalue weighted by molar-refractivity contribution is 5.86. The van der Waals surface area contributed by atoms with Crippen LogP contribution in [0.2, 0.25) is 0 Å². The van der Waals surface area contributed by atoms with E-state index in [9.17, 15) is 4.79 Å². The Bertz CT molecular complexity index is 349.